The zero-order chi connectivity index (χ0) is 14.8. The second-order valence-corrected chi connectivity index (χ2v) is 7.10. The molecule has 0 amide bonds. The number of rotatable bonds is 7. The van der Waals surface area contributed by atoms with E-state index in [0.29, 0.717) is 18.6 Å². The SMILES string of the molecule is CC1CCCC(OC(C)CC(C)(NC2CC2)C(=O)O)C1. The molecule has 20 heavy (non-hydrogen) atoms. The number of hydrogen-bond acceptors (Lipinski definition) is 3. The number of ether oxygens (including phenoxy) is 1. The Labute approximate surface area is 122 Å². The quantitative estimate of drug-likeness (QED) is 0.754. The molecule has 2 aliphatic carbocycles. The van der Waals surface area contributed by atoms with Gasteiger partial charge in [0.25, 0.3) is 0 Å². The van der Waals surface area contributed by atoms with E-state index in [1.807, 2.05) is 6.92 Å². The maximum atomic E-state index is 11.5. The molecule has 0 heterocycles. The van der Waals surface area contributed by atoms with Gasteiger partial charge in [-0.25, -0.2) is 0 Å². The second kappa shape index (κ2) is 6.44. The zero-order valence-corrected chi connectivity index (χ0v) is 13.0. The maximum Gasteiger partial charge on any atom is 0.323 e. The van der Waals surface area contributed by atoms with Gasteiger partial charge in [0, 0.05) is 12.5 Å². The molecule has 0 aliphatic heterocycles. The van der Waals surface area contributed by atoms with E-state index in [9.17, 15) is 9.90 Å². The number of carbonyl (C=O) groups is 1. The first-order valence-corrected chi connectivity index (χ1v) is 8.05. The second-order valence-electron chi connectivity index (χ2n) is 7.10. The summed E-state index contributed by atoms with van der Waals surface area (Å²) >= 11 is 0. The summed E-state index contributed by atoms with van der Waals surface area (Å²) in [6.07, 6.45) is 7.78. The highest BCUT2D eigenvalue weighted by Gasteiger charge is 2.40. The summed E-state index contributed by atoms with van der Waals surface area (Å²) < 4.78 is 6.11. The van der Waals surface area contributed by atoms with Crippen LogP contribution in [0, 0.1) is 5.92 Å². The third kappa shape index (κ3) is 4.45. The molecule has 2 saturated carbocycles. The van der Waals surface area contributed by atoms with Gasteiger partial charge in [0.05, 0.1) is 12.2 Å². The predicted octanol–water partition coefficient (Wildman–Crippen LogP) is 2.96. The minimum Gasteiger partial charge on any atom is -0.480 e. The zero-order valence-electron chi connectivity index (χ0n) is 13.0. The van der Waals surface area contributed by atoms with E-state index in [1.165, 1.54) is 12.8 Å². The average Bonchev–Trinajstić information content (AvgIpc) is 3.12. The summed E-state index contributed by atoms with van der Waals surface area (Å²) in [6.45, 7) is 6.07. The van der Waals surface area contributed by atoms with Gasteiger partial charge in [0.1, 0.15) is 5.54 Å². The number of carboxylic acids is 1. The fraction of sp³-hybridized carbons (Fsp3) is 0.938. The van der Waals surface area contributed by atoms with E-state index in [2.05, 4.69) is 12.2 Å². The lowest BCUT2D eigenvalue weighted by molar-refractivity contribution is -0.147. The Morgan fingerprint density at radius 1 is 1.40 bits per heavy atom. The summed E-state index contributed by atoms with van der Waals surface area (Å²) in [5.41, 5.74) is -0.860. The molecule has 2 fully saturated rings. The van der Waals surface area contributed by atoms with Gasteiger partial charge in [-0.15, -0.1) is 0 Å². The van der Waals surface area contributed by atoms with Crippen molar-refractivity contribution in [3.8, 4) is 0 Å². The maximum absolute atomic E-state index is 11.5. The lowest BCUT2D eigenvalue weighted by Gasteiger charge is -2.33. The van der Waals surface area contributed by atoms with Gasteiger partial charge in [-0.05, 0) is 45.4 Å². The van der Waals surface area contributed by atoms with Crippen LogP contribution in [0.15, 0.2) is 0 Å². The lowest BCUT2D eigenvalue weighted by atomic mass is 9.88. The first kappa shape index (κ1) is 15.8. The Morgan fingerprint density at radius 2 is 2.10 bits per heavy atom. The molecule has 0 aromatic heterocycles. The van der Waals surface area contributed by atoms with Crippen LogP contribution in [0.25, 0.3) is 0 Å². The van der Waals surface area contributed by atoms with Crippen LogP contribution >= 0.6 is 0 Å². The first-order chi connectivity index (χ1) is 9.39. The average molecular weight is 283 g/mol. The fourth-order valence-corrected chi connectivity index (χ4v) is 3.34. The van der Waals surface area contributed by atoms with Crippen molar-refractivity contribution in [2.75, 3.05) is 0 Å². The van der Waals surface area contributed by atoms with Crippen molar-refractivity contribution in [1.82, 2.24) is 5.32 Å². The molecule has 0 bridgehead atoms. The van der Waals surface area contributed by atoms with Crippen molar-refractivity contribution >= 4 is 5.97 Å². The molecule has 4 unspecified atom stereocenters. The number of carboxylic acid groups (broad SMARTS) is 1. The van der Waals surface area contributed by atoms with Gasteiger partial charge in [-0.2, -0.15) is 0 Å². The minimum atomic E-state index is -0.860. The standard InChI is InChI=1S/C16H29NO3/c1-11-5-4-6-14(9-11)20-12(2)10-16(3,15(18)19)17-13-7-8-13/h11-14,17H,4-10H2,1-3H3,(H,18,19). The molecule has 2 rings (SSSR count). The molecule has 0 aromatic carbocycles. The van der Waals surface area contributed by atoms with Crippen LogP contribution in [0.2, 0.25) is 0 Å². The minimum absolute atomic E-state index is 0.0161. The molecule has 2 aliphatic rings. The normalized spacial score (nSPS) is 31.6. The third-order valence-electron chi connectivity index (χ3n) is 4.58. The lowest BCUT2D eigenvalue weighted by Crippen LogP contribution is -2.52. The van der Waals surface area contributed by atoms with E-state index in [0.717, 1.165) is 31.6 Å². The molecule has 2 N–H and O–H groups in total. The Hall–Kier alpha value is -0.610. The van der Waals surface area contributed by atoms with Crippen molar-refractivity contribution < 1.29 is 14.6 Å². The smallest absolute Gasteiger partial charge is 0.323 e. The molecule has 4 atom stereocenters. The molecule has 0 saturated heterocycles. The van der Waals surface area contributed by atoms with Gasteiger partial charge < -0.3 is 9.84 Å². The molecular formula is C16H29NO3. The van der Waals surface area contributed by atoms with E-state index >= 15 is 0 Å². The van der Waals surface area contributed by atoms with Crippen LogP contribution in [0.3, 0.4) is 0 Å². The van der Waals surface area contributed by atoms with Crippen LogP contribution in [-0.2, 0) is 9.53 Å². The highest BCUT2D eigenvalue weighted by atomic mass is 16.5. The van der Waals surface area contributed by atoms with E-state index in [4.69, 9.17) is 4.74 Å². The summed E-state index contributed by atoms with van der Waals surface area (Å²) in [5.74, 6) is -0.0340. The van der Waals surface area contributed by atoms with Crippen molar-refractivity contribution in [3.63, 3.8) is 0 Å². The number of nitrogens with one attached hydrogen (secondary N) is 1. The third-order valence-corrected chi connectivity index (χ3v) is 4.58. The van der Waals surface area contributed by atoms with E-state index in [-0.39, 0.29) is 6.10 Å². The monoisotopic (exact) mass is 283 g/mol. The molecule has 4 heteroatoms. The predicted molar refractivity (Wildman–Crippen MR) is 78.8 cm³/mol. The Morgan fingerprint density at radius 3 is 2.65 bits per heavy atom. The molecular weight excluding hydrogens is 254 g/mol. The van der Waals surface area contributed by atoms with Crippen molar-refractivity contribution in [2.45, 2.75) is 89.5 Å². The summed E-state index contributed by atoms with van der Waals surface area (Å²) in [5, 5.41) is 12.8. The van der Waals surface area contributed by atoms with Crippen LogP contribution in [0.4, 0.5) is 0 Å². The van der Waals surface area contributed by atoms with Crippen LogP contribution in [0.1, 0.15) is 65.7 Å². The van der Waals surface area contributed by atoms with Crippen LogP contribution < -0.4 is 5.32 Å². The Bertz CT molecular complexity index is 343. The Kier molecular flexibility index (Phi) is 5.08. The van der Waals surface area contributed by atoms with Gasteiger partial charge in [-0.1, -0.05) is 19.8 Å². The van der Waals surface area contributed by atoms with Gasteiger partial charge in [0.2, 0.25) is 0 Å². The molecule has 116 valence electrons. The topological polar surface area (TPSA) is 58.6 Å². The van der Waals surface area contributed by atoms with Crippen molar-refractivity contribution in [3.05, 3.63) is 0 Å². The Balaban J connectivity index is 1.84. The summed E-state index contributed by atoms with van der Waals surface area (Å²) in [7, 11) is 0. The largest absolute Gasteiger partial charge is 0.480 e. The van der Waals surface area contributed by atoms with Crippen LogP contribution in [-0.4, -0.2) is 34.9 Å². The highest BCUT2D eigenvalue weighted by Crippen LogP contribution is 2.29. The molecule has 0 aromatic rings. The van der Waals surface area contributed by atoms with Crippen LogP contribution in [0.5, 0.6) is 0 Å². The van der Waals surface area contributed by atoms with Crippen molar-refractivity contribution in [1.29, 1.82) is 0 Å². The fourth-order valence-electron chi connectivity index (χ4n) is 3.34. The first-order valence-electron chi connectivity index (χ1n) is 8.05. The summed E-state index contributed by atoms with van der Waals surface area (Å²) in [4.78, 5) is 11.5. The van der Waals surface area contributed by atoms with Gasteiger partial charge in [0.15, 0.2) is 0 Å². The summed E-state index contributed by atoms with van der Waals surface area (Å²) in [6, 6.07) is 0.387. The van der Waals surface area contributed by atoms with Crippen molar-refractivity contribution in [2.24, 2.45) is 5.92 Å². The molecule has 0 spiro atoms. The van der Waals surface area contributed by atoms with E-state index < -0.39 is 11.5 Å². The molecule has 0 radical (unpaired) electrons. The van der Waals surface area contributed by atoms with E-state index in [1.54, 1.807) is 6.92 Å². The number of aliphatic carboxylic acids is 1. The van der Waals surface area contributed by atoms with Gasteiger partial charge in [-0.3, -0.25) is 10.1 Å². The van der Waals surface area contributed by atoms with Gasteiger partial charge >= 0.3 is 5.97 Å². The highest BCUT2D eigenvalue weighted by molar-refractivity contribution is 5.78. The molecule has 4 nitrogen and oxygen atoms in total. The number of hydrogen-bond donors (Lipinski definition) is 2.